The summed E-state index contributed by atoms with van der Waals surface area (Å²) in [6, 6.07) is 11.8. The molecule has 0 radical (unpaired) electrons. The van der Waals surface area contributed by atoms with Crippen LogP contribution in [0.3, 0.4) is 0 Å². The molecule has 0 heterocycles. The van der Waals surface area contributed by atoms with E-state index in [0.29, 0.717) is 10.7 Å². The molecule has 0 fully saturated rings. The molecule has 0 saturated heterocycles. The number of hydrogen-bond donors (Lipinski definition) is 1. The van der Waals surface area contributed by atoms with E-state index in [1.54, 1.807) is 18.2 Å². The predicted molar refractivity (Wildman–Crippen MR) is 78.2 cm³/mol. The molecule has 5 heteroatoms. The molecule has 2 aromatic carbocycles. The molecule has 2 aromatic rings. The van der Waals surface area contributed by atoms with Gasteiger partial charge in [0.05, 0.1) is 4.90 Å². The topological polar surface area (TPSA) is 46.2 Å². The summed E-state index contributed by atoms with van der Waals surface area (Å²) in [5.74, 6) is 0. The van der Waals surface area contributed by atoms with Gasteiger partial charge in [-0.3, -0.25) is 4.72 Å². The van der Waals surface area contributed by atoms with Crippen LogP contribution in [0.5, 0.6) is 0 Å². The second-order valence-corrected chi connectivity index (χ2v) is 6.47. The van der Waals surface area contributed by atoms with Gasteiger partial charge in [-0.1, -0.05) is 35.4 Å². The predicted octanol–water partition coefficient (Wildman–Crippen LogP) is 3.76. The third-order valence-electron chi connectivity index (χ3n) is 2.76. The van der Waals surface area contributed by atoms with Gasteiger partial charge in [-0.15, -0.1) is 0 Å². The average molecular weight is 296 g/mol. The molecule has 19 heavy (non-hydrogen) atoms. The Morgan fingerprint density at radius 3 is 2.21 bits per heavy atom. The summed E-state index contributed by atoms with van der Waals surface area (Å²) in [7, 11) is -3.60. The van der Waals surface area contributed by atoms with E-state index in [2.05, 4.69) is 4.72 Å². The standard InChI is InChI=1S/C14H14ClNO2S/c1-10-3-6-12(7-4-10)16-19(17,18)13-8-5-11(2)14(15)9-13/h3-9,16H,1-2H3. The van der Waals surface area contributed by atoms with E-state index in [4.69, 9.17) is 11.6 Å². The molecule has 0 atom stereocenters. The first kappa shape index (κ1) is 13.9. The fourth-order valence-electron chi connectivity index (χ4n) is 1.58. The molecule has 0 aliphatic heterocycles. The number of anilines is 1. The number of sulfonamides is 1. The molecule has 0 saturated carbocycles. The van der Waals surface area contributed by atoms with E-state index in [1.807, 2.05) is 26.0 Å². The van der Waals surface area contributed by atoms with E-state index in [-0.39, 0.29) is 4.90 Å². The Balaban J connectivity index is 2.32. The summed E-state index contributed by atoms with van der Waals surface area (Å²) in [5.41, 5.74) is 2.44. The lowest BCUT2D eigenvalue weighted by atomic mass is 10.2. The average Bonchev–Trinajstić information content (AvgIpc) is 2.35. The molecular formula is C14H14ClNO2S. The van der Waals surface area contributed by atoms with E-state index in [0.717, 1.165) is 11.1 Å². The summed E-state index contributed by atoms with van der Waals surface area (Å²) in [6.07, 6.45) is 0. The van der Waals surface area contributed by atoms with Crippen LogP contribution in [0.1, 0.15) is 11.1 Å². The van der Waals surface area contributed by atoms with Gasteiger partial charge in [0, 0.05) is 10.7 Å². The minimum atomic E-state index is -3.60. The monoisotopic (exact) mass is 295 g/mol. The first-order valence-corrected chi connectivity index (χ1v) is 7.60. The number of aryl methyl sites for hydroxylation is 2. The maximum atomic E-state index is 12.2. The van der Waals surface area contributed by atoms with Crippen LogP contribution in [0.15, 0.2) is 47.4 Å². The number of benzene rings is 2. The Kier molecular flexibility index (Phi) is 3.83. The molecule has 0 aliphatic rings. The number of halogens is 1. The normalized spacial score (nSPS) is 11.3. The zero-order chi connectivity index (χ0) is 14.0. The van der Waals surface area contributed by atoms with Gasteiger partial charge in [0.1, 0.15) is 0 Å². The Morgan fingerprint density at radius 2 is 1.63 bits per heavy atom. The zero-order valence-corrected chi connectivity index (χ0v) is 12.2. The lowest BCUT2D eigenvalue weighted by Crippen LogP contribution is -2.12. The van der Waals surface area contributed by atoms with Crippen LogP contribution in [-0.4, -0.2) is 8.42 Å². The Bertz CT molecular complexity index is 694. The zero-order valence-electron chi connectivity index (χ0n) is 10.6. The first-order chi connectivity index (χ1) is 8.88. The molecule has 2 rings (SSSR count). The summed E-state index contributed by atoms with van der Waals surface area (Å²) < 4.78 is 26.9. The van der Waals surface area contributed by atoms with Gasteiger partial charge in [-0.05, 0) is 43.7 Å². The molecule has 0 bridgehead atoms. The van der Waals surface area contributed by atoms with Crippen molar-refractivity contribution in [3.05, 3.63) is 58.6 Å². The molecule has 0 unspecified atom stereocenters. The van der Waals surface area contributed by atoms with Crippen LogP contribution in [0, 0.1) is 13.8 Å². The number of rotatable bonds is 3. The van der Waals surface area contributed by atoms with Gasteiger partial charge >= 0.3 is 0 Å². The van der Waals surface area contributed by atoms with Crippen molar-refractivity contribution in [2.24, 2.45) is 0 Å². The molecule has 1 N–H and O–H groups in total. The van der Waals surface area contributed by atoms with Crippen LogP contribution in [0.25, 0.3) is 0 Å². The highest BCUT2D eigenvalue weighted by molar-refractivity contribution is 7.92. The van der Waals surface area contributed by atoms with Crippen molar-refractivity contribution in [3.63, 3.8) is 0 Å². The lowest BCUT2D eigenvalue weighted by Gasteiger charge is -2.09. The number of nitrogens with one attached hydrogen (secondary N) is 1. The fourth-order valence-corrected chi connectivity index (χ4v) is 2.91. The largest absolute Gasteiger partial charge is 0.280 e. The minimum absolute atomic E-state index is 0.156. The van der Waals surface area contributed by atoms with Gasteiger partial charge in [0.15, 0.2) is 0 Å². The summed E-state index contributed by atoms with van der Waals surface area (Å²) in [5, 5.41) is 0.437. The SMILES string of the molecule is Cc1ccc(NS(=O)(=O)c2ccc(C)c(Cl)c2)cc1. The highest BCUT2D eigenvalue weighted by Crippen LogP contribution is 2.22. The van der Waals surface area contributed by atoms with E-state index < -0.39 is 10.0 Å². The Labute approximate surface area is 118 Å². The van der Waals surface area contributed by atoms with Gasteiger partial charge in [-0.2, -0.15) is 0 Å². The maximum absolute atomic E-state index is 12.2. The molecule has 0 aliphatic carbocycles. The summed E-state index contributed by atoms with van der Waals surface area (Å²) in [4.78, 5) is 0.156. The quantitative estimate of drug-likeness (QED) is 0.937. The smallest absolute Gasteiger partial charge is 0.261 e. The number of hydrogen-bond acceptors (Lipinski definition) is 2. The van der Waals surface area contributed by atoms with Crippen LogP contribution in [0.2, 0.25) is 5.02 Å². The fraction of sp³-hybridized carbons (Fsp3) is 0.143. The molecule has 0 spiro atoms. The van der Waals surface area contributed by atoms with Crippen molar-refractivity contribution < 1.29 is 8.42 Å². The van der Waals surface area contributed by atoms with Crippen molar-refractivity contribution in [3.8, 4) is 0 Å². The maximum Gasteiger partial charge on any atom is 0.261 e. The van der Waals surface area contributed by atoms with Crippen LogP contribution in [0.4, 0.5) is 5.69 Å². The lowest BCUT2D eigenvalue weighted by molar-refractivity contribution is 0.601. The second-order valence-electron chi connectivity index (χ2n) is 4.38. The van der Waals surface area contributed by atoms with E-state index in [1.165, 1.54) is 12.1 Å². The van der Waals surface area contributed by atoms with Crippen molar-refractivity contribution in [2.45, 2.75) is 18.7 Å². The van der Waals surface area contributed by atoms with Gasteiger partial charge in [0.25, 0.3) is 10.0 Å². The van der Waals surface area contributed by atoms with Crippen molar-refractivity contribution in [2.75, 3.05) is 4.72 Å². The molecule has 3 nitrogen and oxygen atoms in total. The summed E-state index contributed by atoms with van der Waals surface area (Å²) >= 11 is 5.95. The van der Waals surface area contributed by atoms with Crippen LogP contribution < -0.4 is 4.72 Å². The van der Waals surface area contributed by atoms with Gasteiger partial charge in [0.2, 0.25) is 0 Å². The Morgan fingerprint density at radius 1 is 1.00 bits per heavy atom. The van der Waals surface area contributed by atoms with Crippen LogP contribution >= 0.6 is 11.6 Å². The highest BCUT2D eigenvalue weighted by Gasteiger charge is 2.15. The van der Waals surface area contributed by atoms with E-state index in [9.17, 15) is 8.42 Å². The van der Waals surface area contributed by atoms with Crippen molar-refractivity contribution in [1.82, 2.24) is 0 Å². The first-order valence-electron chi connectivity index (χ1n) is 5.74. The van der Waals surface area contributed by atoms with Gasteiger partial charge in [-0.25, -0.2) is 8.42 Å². The Hall–Kier alpha value is -1.52. The molecule has 0 aromatic heterocycles. The summed E-state index contributed by atoms with van der Waals surface area (Å²) in [6.45, 7) is 3.77. The third-order valence-corrected chi connectivity index (χ3v) is 4.54. The van der Waals surface area contributed by atoms with E-state index >= 15 is 0 Å². The molecular weight excluding hydrogens is 282 g/mol. The van der Waals surface area contributed by atoms with Crippen molar-refractivity contribution in [1.29, 1.82) is 0 Å². The molecule has 0 amide bonds. The van der Waals surface area contributed by atoms with Crippen LogP contribution in [-0.2, 0) is 10.0 Å². The highest BCUT2D eigenvalue weighted by atomic mass is 35.5. The minimum Gasteiger partial charge on any atom is -0.280 e. The third kappa shape index (κ3) is 3.28. The molecule has 100 valence electrons. The second kappa shape index (κ2) is 5.23. The van der Waals surface area contributed by atoms with Gasteiger partial charge < -0.3 is 0 Å². The van der Waals surface area contributed by atoms with Crippen molar-refractivity contribution >= 4 is 27.3 Å².